The molecule has 0 saturated heterocycles. The molecule has 0 unspecified atom stereocenters. The quantitative estimate of drug-likeness (QED) is 0.176. The number of aromatic nitrogens is 3. The van der Waals surface area contributed by atoms with Gasteiger partial charge < -0.3 is 13.7 Å². The zero-order chi connectivity index (χ0) is 56.1. The number of rotatable bonds is 4. The van der Waals surface area contributed by atoms with Crippen LogP contribution in [0.3, 0.4) is 0 Å². The van der Waals surface area contributed by atoms with Crippen molar-refractivity contribution >= 4 is 65.4 Å². The highest BCUT2D eigenvalue weighted by atomic mass is 15.0. The van der Waals surface area contributed by atoms with Crippen LogP contribution in [0.15, 0.2) is 187 Å². The predicted octanol–water partition coefficient (Wildman–Crippen LogP) is 12.6. The van der Waals surface area contributed by atoms with Gasteiger partial charge in [0.1, 0.15) is 0 Å². The van der Waals surface area contributed by atoms with Crippen LogP contribution in [0.25, 0.3) is 93.6 Å². The Balaban J connectivity index is 1.30. The third kappa shape index (κ3) is 4.12. The number of hydrogen-bond acceptors (Lipinski definition) is 0. The van der Waals surface area contributed by atoms with Gasteiger partial charge in [0, 0.05) is 49.4 Å². The van der Waals surface area contributed by atoms with Crippen molar-refractivity contribution in [2.24, 2.45) is 0 Å². The Labute approximate surface area is 331 Å². The summed E-state index contributed by atoms with van der Waals surface area (Å²) in [6.07, 6.45) is 0. The molecular formula is C48H31N3. The van der Waals surface area contributed by atoms with Crippen LogP contribution in [0.4, 0.5) is 0 Å². The summed E-state index contributed by atoms with van der Waals surface area (Å²) in [4.78, 5) is 0. The van der Waals surface area contributed by atoms with Gasteiger partial charge in [0.25, 0.3) is 0 Å². The molecule has 3 aromatic heterocycles. The average Bonchev–Trinajstić information content (AvgIpc) is 4.19. The van der Waals surface area contributed by atoms with Gasteiger partial charge in [0.2, 0.25) is 0 Å². The van der Waals surface area contributed by atoms with E-state index in [4.69, 9.17) is 24.7 Å². The van der Waals surface area contributed by atoms with Gasteiger partial charge >= 0.3 is 0 Å². The molecule has 0 atom stereocenters. The fraction of sp³-hybridized carbons (Fsp3) is 0. The molecule has 0 bridgehead atoms. The van der Waals surface area contributed by atoms with Crippen molar-refractivity contribution in [1.82, 2.24) is 13.7 Å². The molecule has 0 fully saturated rings. The Morgan fingerprint density at radius 3 is 1.29 bits per heavy atom. The molecule has 3 nitrogen and oxygen atoms in total. The number of nitrogens with zero attached hydrogens (tertiary/aromatic N) is 3. The Kier molecular flexibility index (Phi) is 2.72. The van der Waals surface area contributed by atoms with E-state index < -0.39 is 191 Å². The Bertz CT molecular complexity index is 4520. The lowest BCUT2D eigenvalue weighted by Crippen LogP contribution is -1.96. The van der Waals surface area contributed by atoms with Crippen molar-refractivity contribution in [3.8, 4) is 28.2 Å². The summed E-state index contributed by atoms with van der Waals surface area (Å²) in [6.45, 7) is 0. The lowest BCUT2D eigenvalue weighted by Gasteiger charge is -2.12. The lowest BCUT2D eigenvalue weighted by atomic mass is 10.1. The molecule has 0 amide bonds. The van der Waals surface area contributed by atoms with Crippen LogP contribution in [0.2, 0.25) is 0 Å². The average molecular weight is 676 g/mol. The molecule has 8 aromatic carbocycles. The van der Waals surface area contributed by atoms with Gasteiger partial charge in [-0.15, -0.1) is 0 Å². The second-order valence-corrected chi connectivity index (χ2v) is 11.4. The molecule has 0 radical (unpaired) electrons. The molecule has 0 saturated carbocycles. The maximum atomic E-state index is 10.0. The summed E-state index contributed by atoms with van der Waals surface area (Å²) in [5.41, 5.74) is -3.44. The summed E-state index contributed by atoms with van der Waals surface area (Å²) < 4.78 is 235. The van der Waals surface area contributed by atoms with Crippen molar-refractivity contribution in [3.05, 3.63) is 187 Å². The van der Waals surface area contributed by atoms with Gasteiger partial charge in [0.05, 0.1) is 68.7 Å². The van der Waals surface area contributed by atoms with Crippen molar-refractivity contribution in [2.75, 3.05) is 0 Å². The number of hydrogen-bond donors (Lipinski definition) is 0. The van der Waals surface area contributed by atoms with Crippen molar-refractivity contribution in [1.29, 1.82) is 0 Å². The fourth-order valence-electron chi connectivity index (χ4n) is 6.63. The van der Waals surface area contributed by atoms with E-state index in [0.717, 1.165) is 15.2 Å². The monoisotopic (exact) mass is 675 g/mol. The molecule has 3 heterocycles. The number of fused-ring (bicyclic) bond motifs is 9. The van der Waals surface area contributed by atoms with E-state index >= 15 is 0 Å². The topological polar surface area (TPSA) is 14.8 Å². The van der Waals surface area contributed by atoms with Gasteiger partial charge in [-0.1, -0.05) is 115 Å². The van der Waals surface area contributed by atoms with Gasteiger partial charge in [-0.3, -0.25) is 0 Å². The first-order valence-corrected chi connectivity index (χ1v) is 15.4. The van der Waals surface area contributed by atoms with E-state index in [1.165, 1.54) is 28.8 Å². The van der Waals surface area contributed by atoms with Crippen LogP contribution in [-0.4, -0.2) is 13.7 Å². The van der Waals surface area contributed by atoms with E-state index in [1.807, 2.05) is 0 Å². The van der Waals surface area contributed by atoms with E-state index in [0.29, 0.717) is 0 Å². The van der Waals surface area contributed by atoms with Gasteiger partial charge in [-0.05, 0) is 83.7 Å². The Morgan fingerprint density at radius 1 is 0.294 bits per heavy atom. The van der Waals surface area contributed by atoms with Crippen LogP contribution >= 0.6 is 0 Å². The van der Waals surface area contributed by atoms with Crippen LogP contribution in [0, 0.1) is 0 Å². The Hall–Kier alpha value is -6.84. The number of benzene rings is 8. The van der Waals surface area contributed by atoms with E-state index in [2.05, 4.69) is 0 Å². The minimum Gasteiger partial charge on any atom is -0.309 e. The first-order valence-electron chi connectivity index (χ1n) is 28.4. The maximum absolute atomic E-state index is 10.0. The van der Waals surface area contributed by atoms with Crippen molar-refractivity contribution < 1.29 is 35.6 Å². The smallest absolute Gasteiger partial charge is 0.0652 e. The molecule has 0 spiro atoms. The Morgan fingerprint density at radius 2 is 0.706 bits per heavy atom. The minimum absolute atomic E-state index is 0.0665. The lowest BCUT2D eigenvalue weighted by molar-refractivity contribution is 1.16. The molecule has 0 aliphatic rings. The highest BCUT2D eigenvalue weighted by Gasteiger charge is 2.18. The SMILES string of the molecule is [2H]c1c([2H])c([2H])c(-c2ccc(-n3c4c([2H])c([2H])c([2H])c([2H])c4c4c([2H])c(-n5c6c([2H])c([2H])c(-n7c8c([2H])c([2H])c([2H])c([2H])c8c8c([2H])c([2H])c([2H])c([2H])c87)cc6c6c([2H])c([2H])c([2H])c([2H])c65)c([2H])c([2H])c43)cc2)c([2H])c1[2H]. The molecule has 11 aromatic rings. The molecule has 11 rings (SSSR count). The van der Waals surface area contributed by atoms with Gasteiger partial charge in [-0.25, -0.2) is 0 Å². The molecule has 0 aliphatic heterocycles. The van der Waals surface area contributed by atoms with Crippen LogP contribution in [0.1, 0.15) is 35.6 Å². The highest BCUT2D eigenvalue weighted by molar-refractivity contribution is 6.13. The molecule has 3 heteroatoms. The molecule has 238 valence electrons. The normalized spacial score (nSPS) is 19.1. The van der Waals surface area contributed by atoms with Crippen LogP contribution in [0.5, 0.6) is 0 Å². The first-order chi connectivity index (χ1) is 36.1. The third-order valence-corrected chi connectivity index (χ3v) is 8.79. The summed E-state index contributed by atoms with van der Waals surface area (Å²) in [6, 6.07) is -12.0. The summed E-state index contributed by atoms with van der Waals surface area (Å²) >= 11 is 0. The largest absolute Gasteiger partial charge is 0.309 e. The predicted molar refractivity (Wildman–Crippen MR) is 215 cm³/mol. The summed E-state index contributed by atoms with van der Waals surface area (Å²) in [5, 5.41) is -2.07. The summed E-state index contributed by atoms with van der Waals surface area (Å²) in [5.74, 6) is 0. The van der Waals surface area contributed by atoms with E-state index in [-0.39, 0.29) is 60.2 Å². The molecular weight excluding hydrogens is 619 g/mol. The fourth-order valence-corrected chi connectivity index (χ4v) is 6.63. The second kappa shape index (κ2) is 10.8. The first kappa shape index (κ1) is 12.8. The summed E-state index contributed by atoms with van der Waals surface area (Å²) in [7, 11) is 0. The van der Waals surface area contributed by atoms with Gasteiger partial charge in [-0.2, -0.15) is 0 Å². The standard InChI is InChI=1S/C48H31N3/c1-2-12-32(13-3-1)33-22-24-34(25-23-33)49-45-20-10-6-16-39(45)41-31-36(26-28-47(41)49)51-46-21-11-7-17-40(46)42-30-35(27-29-48(42)51)50-43-18-8-4-14-37(43)38-15-5-9-19-44(38)50/h1-31H/i1D,2D,3D,4D,5D,6D,7D,8D,9D,10D,11D,12D,13D,14D,15D,16D,17D,18D,19D,20D,21D,26D,27D,28D,29D,31D. The van der Waals surface area contributed by atoms with E-state index in [1.54, 1.807) is 0 Å². The highest BCUT2D eigenvalue weighted by Crippen LogP contribution is 2.39. The molecule has 0 aliphatic carbocycles. The third-order valence-electron chi connectivity index (χ3n) is 8.79. The molecule has 0 N–H and O–H groups in total. The van der Waals surface area contributed by atoms with E-state index in [9.17, 15) is 11.0 Å². The van der Waals surface area contributed by atoms with Crippen molar-refractivity contribution in [3.63, 3.8) is 0 Å². The van der Waals surface area contributed by atoms with Crippen LogP contribution in [-0.2, 0) is 0 Å². The minimum atomic E-state index is -0.840. The zero-order valence-electron chi connectivity index (χ0n) is 51.7. The van der Waals surface area contributed by atoms with Crippen LogP contribution < -0.4 is 0 Å². The second-order valence-electron chi connectivity index (χ2n) is 11.4. The maximum Gasteiger partial charge on any atom is 0.0652 e. The molecule has 51 heavy (non-hydrogen) atoms. The van der Waals surface area contributed by atoms with Crippen molar-refractivity contribution in [2.45, 2.75) is 0 Å². The number of para-hydroxylation sites is 4. The van der Waals surface area contributed by atoms with Gasteiger partial charge in [0.15, 0.2) is 0 Å². The zero-order valence-corrected chi connectivity index (χ0v) is 25.7.